The number of fused-ring (bicyclic) bond motifs is 2. The number of rotatable bonds is 1. The Morgan fingerprint density at radius 1 is 1.36 bits per heavy atom. The van der Waals surface area contributed by atoms with Crippen molar-refractivity contribution in [3.8, 4) is 11.5 Å². The van der Waals surface area contributed by atoms with Crippen LogP contribution in [0.15, 0.2) is 5.38 Å². The third kappa shape index (κ3) is 1.98. The maximum Gasteiger partial charge on any atom is 0.268 e. The molecular formula is C14H16N4O3S. The summed E-state index contributed by atoms with van der Waals surface area (Å²) in [5.41, 5.74) is 0. The number of hydrogen-bond donors (Lipinski definition) is 0. The second-order valence-electron chi connectivity index (χ2n) is 5.52. The van der Waals surface area contributed by atoms with E-state index >= 15 is 0 Å². The van der Waals surface area contributed by atoms with Crippen molar-refractivity contribution in [2.24, 2.45) is 0 Å². The summed E-state index contributed by atoms with van der Waals surface area (Å²) in [7, 11) is 0. The fourth-order valence-electron chi connectivity index (χ4n) is 3.04. The lowest BCUT2D eigenvalue weighted by Crippen LogP contribution is -2.40. The summed E-state index contributed by atoms with van der Waals surface area (Å²) in [5, 5.41) is 10.1. The third-order valence-electron chi connectivity index (χ3n) is 3.98. The standard InChI is InChI=1S/C14H16N4O3S/c1-8-5-17(6-11-16-15-9(2)18(8)11)14(19)13-12-10(7-22-13)20-3-4-21-12/h7-8H,3-6H2,1-2H3. The first-order valence-electron chi connectivity index (χ1n) is 7.22. The lowest BCUT2D eigenvalue weighted by molar-refractivity contribution is 0.0676. The van der Waals surface area contributed by atoms with Gasteiger partial charge in [-0.25, -0.2) is 0 Å². The van der Waals surface area contributed by atoms with Crippen LogP contribution in [0.25, 0.3) is 0 Å². The molecular weight excluding hydrogens is 304 g/mol. The summed E-state index contributed by atoms with van der Waals surface area (Å²) >= 11 is 1.37. The van der Waals surface area contributed by atoms with E-state index in [1.54, 1.807) is 4.90 Å². The van der Waals surface area contributed by atoms with Gasteiger partial charge in [-0.3, -0.25) is 4.79 Å². The molecule has 8 heteroatoms. The van der Waals surface area contributed by atoms with Gasteiger partial charge in [0.1, 0.15) is 23.9 Å². The lowest BCUT2D eigenvalue weighted by Gasteiger charge is -2.32. The highest BCUT2D eigenvalue weighted by molar-refractivity contribution is 7.12. The Morgan fingerprint density at radius 2 is 2.18 bits per heavy atom. The Balaban J connectivity index is 1.63. The van der Waals surface area contributed by atoms with Gasteiger partial charge in [0, 0.05) is 11.9 Å². The van der Waals surface area contributed by atoms with Crippen molar-refractivity contribution >= 4 is 17.2 Å². The van der Waals surface area contributed by atoms with E-state index in [4.69, 9.17) is 9.47 Å². The van der Waals surface area contributed by atoms with Gasteiger partial charge in [-0.05, 0) is 13.8 Å². The molecule has 0 radical (unpaired) electrons. The molecule has 0 aliphatic carbocycles. The molecule has 0 spiro atoms. The first-order valence-corrected chi connectivity index (χ1v) is 8.10. The SMILES string of the molecule is Cc1nnc2n1C(C)CN(C(=O)c1scc3c1OCCO3)C2. The summed E-state index contributed by atoms with van der Waals surface area (Å²) in [6, 6.07) is 0.163. The van der Waals surface area contributed by atoms with Crippen LogP contribution in [0.3, 0.4) is 0 Å². The summed E-state index contributed by atoms with van der Waals surface area (Å²) in [4.78, 5) is 15.2. The van der Waals surface area contributed by atoms with Crippen molar-refractivity contribution in [2.75, 3.05) is 19.8 Å². The first kappa shape index (κ1) is 13.6. The van der Waals surface area contributed by atoms with Crippen LogP contribution in [-0.4, -0.2) is 45.3 Å². The molecule has 2 aromatic rings. The van der Waals surface area contributed by atoms with Gasteiger partial charge in [0.25, 0.3) is 5.91 Å². The van der Waals surface area contributed by atoms with Gasteiger partial charge >= 0.3 is 0 Å². The largest absolute Gasteiger partial charge is 0.485 e. The maximum atomic E-state index is 12.8. The monoisotopic (exact) mass is 320 g/mol. The van der Waals surface area contributed by atoms with Gasteiger partial charge in [0.2, 0.25) is 0 Å². The van der Waals surface area contributed by atoms with Crippen molar-refractivity contribution < 1.29 is 14.3 Å². The Bertz CT molecular complexity index is 739. The number of ether oxygens (including phenoxy) is 2. The predicted molar refractivity (Wildman–Crippen MR) is 79.5 cm³/mol. The minimum absolute atomic E-state index is 0.0319. The fraction of sp³-hybridized carbons (Fsp3) is 0.500. The van der Waals surface area contributed by atoms with Gasteiger partial charge in [0.05, 0.1) is 12.6 Å². The average Bonchev–Trinajstić information content (AvgIpc) is 3.11. The van der Waals surface area contributed by atoms with E-state index in [2.05, 4.69) is 21.7 Å². The van der Waals surface area contributed by atoms with Gasteiger partial charge in [-0.1, -0.05) is 0 Å². The van der Waals surface area contributed by atoms with Crippen LogP contribution in [0.2, 0.25) is 0 Å². The van der Waals surface area contributed by atoms with Crippen LogP contribution in [-0.2, 0) is 6.54 Å². The lowest BCUT2D eigenvalue weighted by atomic mass is 10.2. The normalized spacial score (nSPS) is 19.9. The molecule has 4 rings (SSSR count). The highest BCUT2D eigenvalue weighted by Gasteiger charge is 2.32. The van der Waals surface area contributed by atoms with Crippen LogP contribution in [0.4, 0.5) is 0 Å². The van der Waals surface area contributed by atoms with E-state index in [1.807, 2.05) is 12.3 Å². The molecule has 2 aromatic heterocycles. The fourth-order valence-corrected chi connectivity index (χ4v) is 3.94. The van der Waals surface area contributed by atoms with E-state index < -0.39 is 0 Å². The quantitative estimate of drug-likeness (QED) is 0.799. The molecule has 1 amide bonds. The molecule has 0 N–H and O–H groups in total. The minimum atomic E-state index is -0.0319. The zero-order valence-electron chi connectivity index (χ0n) is 12.4. The van der Waals surface area contributed by atoms with Crippen molar-refractivity contribution in [1.29, 1.82) is 0 Å². The molecule has 0 fully saturated rings. The number of thiophene rings is 1. The number of carbonyl (C=O) groups is 1. The zero-order chi connectivity index (χ0) is 15.3. The van der Waals surface area contributed by atoms with Crippen molar-refractivity contribution in [2.45, 2.75) is 26.4 Å². The third-order valence-corrected chi connectivity index (χ3v) is 4.90. The van der Waals surface area contributed by atoms with Gasteiger partial charge in [-0.2, -0.15) is 0 Å². The van der Waals surface area contributed by atoms with Crippen LogP contribution < -0.4 is 9.47 Å². The maximum absolute atomic E-state index is 12.8. The molecule has 2 aliphatic rings. The molecule has 0 bridgehead atoms. The van der Waals surface area contributed by atoms with E-state index in [0.29, 0.717) is 42.7 Å². The number of nitrogens with zero attached hydrogens (tertiary/aromatic N) is 4. The number of aryl methyl sites for hydroxylation is 1. The number of carbonyl (C=O) groups excluding carboxylic acids is 1. The van der Waals surface area contributed by atoms with Gasteiger partial charge in [0.15, 0.2) is 17.3 Å². The Labute approximate surface area is 131 Å². The van der Waals surface area contributed by atoms with Crippen molar-refractivity contribution in [3.05, 3.63) is 21.9 Å². The van der Waals surface area contributed by atoms with Crippen LogP contribution >= 0.6 is 11.3 Å². The molecule has 0 saturated heterocycles. The molecule has 2 aliphatic heterocycles. The highest BCUT2D eigenvalue weighted by atomic mass is 32.1. The van der Waals surface area contributed by atoms with Crippen LogP contribution in [0.5, 0.6) is 11.5 Å². The van der Waals surface area contributed by atoms with Crippen molar-refractivity contribution in [1.82, 2.24) is 19.7 Å². The van der Waals surface area contributed by atoms with Gasteiger partial charge < -0.3 is 18.9 Å². The topological polar surface area (TPSA) is 69.5 Å². The highest BCUT2D eigenvalue weighted by Crippen LogP contribution is 2.40. The molecule has 4 heterocycles. The van der Waals surface area contributed by atoms with E-state index in [-0.39, 0.29) is 11.9 Å². The summed E-state index contributed by atoms with van der Waals surface area (Å²) in [6.07, 6.45) is 0. The summed E-state index contributed by atoms with van der Waals surface area (Å²) in [5.74, 6) is 2.93. The Morgan fingerprint density at radius 3 is 3.05 bits per heavy atom. The number of aromatic nitrogens is 3. The molecule has 0 aromatic carbocycles. The summed E-state index contributed by atoms with van der Waals surface area (Å²) in [6.45, 7) is 6.12. The molecule has 1 atom stereocenters. The molecule has 0 saturated carbocycles. The average molecular weight is 320 g/mol. The minimum Gasteiger partial charge on any atom is -0.485 e. The second kappa shape index (κ2) is 4.98. The van der Waals surface area contributed by atoms with E-state index in [0.717, 1.165) is 11.6 Å². The predicted octanol–water partition coefficient (Wildman–Crippen LogP) is 1.64. The molecule has 1 unspecified atom stereocenters. The Kier molecular flexibility index (Phi) is 3.07. The zero-order valence-corrected chi connectivity index (χ0v) is 13.2. The Hall–Kier alpha value is -2.09. The van der Waals surface area contributed by atoms with Crippen molar-refractivity contribution in [3.63, 3.8) is 0 Å². The van der Waals surface area contributed by atoms with Crippen LogP contribution in [0.1, 0.15) is 34.3 Å². The van der Waals surface area contributed by atoms with Crippen LogP contribution in [0, 0.1) is 6.92 Å². The molecule has 22 heavy (non-hydrogen) atoms. The number of amides is 1. The number of hydrogen-bond acceptors (Lipinski definition) is 6. The smallest absolute Gasteiger partial charge is 0.268 e. The molecule has 116 valence electrons. The van der Waals surface area contributed by atoms with Gasteiger partial charge in [-0.15, -0.1) is 21.5 Å². The second-order valence-corrected chi connectivity index (χ2v) is 6.40. The van der Waals surface area contributed by atoms with E-state index in [1.165, 1.54) is 11.3 Å². The van der Waals surface area contributed by atoms with E-state index in [9.17, 15) is 4.79 Å². The summed E-state index contributed by atoms with van der Waals surface area (Å²) < 4.78 is 13.2. The molecule has 7 nitrogen and oxygen atoms in total. The first-order chi connectivity index (χ1) is 10.6.